The molecule has 1 N–H and O–H groups in total. The Hall–Kier alpha value is -1.30. The highest BCUT2D eigenvalue weighted by Crippen LogP contribution is 2.30. The fraction of sp³-hybridized carbons (Fsp3) is 0.625. The predicted molar refractivity (Wildman–Crippen MR) is 84.2 cm³/mol. The highest BCUT2D eigenvalue weighted by Gasteiger charge is 2.15. The van der Waals surface area contributed by atoms with Gasteiger partial charge in [-0.25, -0.2) is 0 Å². The Morgan fingerprint density at radius 2 is 2.10 bits per heavy atom. The summed E-state index contributed by atoms with van der Waals surface area (Å²) in [6, 6.07) is 6.45. The number of methoxy groups -OCH3 is 1. The van der Waals surface area contributed by atoms with E-state index >= 15 is 0 Å². The largest absolute Gasteiger partial charge is 0.492 e. The molecule has 0 spiro atoms. The number of hydrogen-bond acceptors (Lipinski definition) is 5. The molecule has 0 amide bonds. The van der Waals surface area contributed by atoms with Gasteiger partial charge in [0, 0.05) is 33.3 Å². The highest BCUT2D eigenvalue weighted by atomic mass is 16.5. The molecule has 0 bridgehead atoms. The summed E-state index contributed by atoms with van der Waals surface area (Å²) in [5, 5.41) is 3.36. The molecule has 1 saturated heterocycles. The van der Waals surface area contributed by atoms with Gasteiger partial charge < -0.3 is 24.4 Å². The molecular weight excluding hydrogens is 268 g/mol. The second-order valence-corrected chi connectivity index (χ2v) is 5.00. The van der Waals surface area contributed by atoms with E-state index in [-0.39, 0.29) is 0 Å². The maximum absolute atomic E-state index is 5.82. The molecule has 5 nitrogen and oxygen atoms in total. The molecule has 1 aliphatic heterocycles. The van der Waals surface area contributed by atoms with Crippen LogP contribution in [0.5, 0.6) is 5.75 Å². The Bertz CT molecular complexity index is 420. The molecule has 1 aliphatic rings. The van der Waals surface area contributed by atoms with Crippen LogP contribution in [0.25, 0.3) is 0 Å². The van der Waals surface area contributed by atoms with E-state index in [0.29, 0.717) is 6.61 Å². The normalized spacial score (nSPS) is 15.2. The van der Waals surface area contributed by atoms with Crippen molar-refractivity contribution in [1.82, 2.24) is 5.32 Å². The first kappa shape index (κ1) is 16.1. The summed E-state index contributed by atoms with van der Waals surface area (Å²) in [6.07, 6.45) is 0. The van der Waals surface area contributed by atoms with Crippen molar-refractivity contribution < 1.29 is 14.2 Å². The standard InChI is InChI=1S/C16H26N2O3/c1-3-21-16-12-14(13-17-6-9-19-2)4-5-15(16)18-7-10-20-11-8-18/h4-5,12,17H,3,6-11,13H2,1-2H3. The minimum atomic E-state index is 0.678. The van der Waals surface area contributed by atoms with Crippen molar-refractivity contribution in [1.29, 1.82) is 0 Å². The van der Waals surface area contributed by atoms with Gasteiger partial charge in [-0.1, -0.05) is 6.07 Å². The Labute approximate surface area is 127 Å². The molecule has 0 saturated carbocycles. The lowest BCUT2D eigenvalue weighted by molar-refractivity contribution is 0.122. The molecule has 5 heteroatoms. The van der Waals surface area contributed by atoms with E-state index < -0.39 is 0 Å². The van der Waals surface area contributed by atoms with Crippen LogP contribution in [0.4, 0.5) is 5.69 Å². The third-order valence-corrected chi connectivity index (χ3v) is 3.49. The van der Waals surface area contributed by atoms with E-state index in [1.807, 2.05) is 6.92 Å². The van der Waals surface area contributed by atoms with Crippen LogP contribution in [-0.2, 0) is 16.0 Å². The predicted octanol–water partition coefficient (Wildman–Crippen LogP) is 1.66. The summed E-state index contributed by atoms with van der Waals surface area (Å²) < 4.78 is 16.3. The van der Waals surface area contributed by atoms with Crippen LogP contribution in [-0.4, -0.2) is 53.2 Å². The summed E-state index contributed by atoms with van der Waals surface area (Å²) in [4.78, 5) is 2.33. The van der Waals surface area contributed by atoms with Crippen LogP contribution in [0.3, 0.4) is 0 Å². The second kappa shape index (κ2) is 8.87. The van der Waals surface area contributed by atoms with E-state index in [1.54, 1.807) is 7.11 Å². The van der Waals surface area contributed by atoms with Crippen LogP contribution < -0.4 is 15.0 Å². The fourth-order valence-corrected chi connectivity index (χ4v) is 2.41. The van der Waals surface area contributed by atoms with E-state index in [9.17, 15) is 0 Å². The van der Waals surface area contributed by atoms with Crippen molar-refractivity contribution in [2.75, 3.05) is 58.1 Å². The zero-order chi connectivity index (χ0) is 14.9. The molecule has 1 fully saturated rings. The summed E-state index contributed by atoms with van der Waals surface area (Å²) in [5.74, 6) is 0.963. The van der Waals surface area contributed by atoms with Crippen LogP contribution in [0.1, 0.15) is 12.5 Å². The van der Waals surface area contributed by atoms with Gasteiger partial charge in [0.05, 0.1) is 32.1 Å². The van der Waals surface area contributed by atoms with Crippen LogP contribution >= 0.6 is 0 Å². The quantitative estimate of drug-likeness (QED) is 0.739. The first-order valence-corrected chi connectivity index (χ1v) is 7.63. The van der Waals surface area contributed by atoms with E-state index in [4.69, 9.17) is 14.2 Å². The first-order valence-electron chi connectivity index (χ1n) is 7.63. The molecule has 0 unspecified atom stereocenters. The molecule has 1 heterocycles. The molecule has 1 aromatic carbocycles. The first-order chi connectivity index (χ1) is 10.3. The van der Waals surface area contributed by atoms with Gasteiger partial charge in [0.25, 0.3) is 0 Å². The molecule has 21 heavy (non-hydrogen) atoms. The van der Waals surface area contributed by atoms with Gasteiger partial charge in [-0.2, -0.15) is 0 Å². The van der Waals surface area contributed by atoms with Crippen LogP contribution in [0, 0.1) is 0 Å². The van der Waals surface area contributed by atoms with Gasteiger partial charge in [-0.15, -0.1) is 0 Å². The monoisotopic (exact) mass is 294 g/mol. The van der Waals surface area contributed by atoms with E-state index in [1.165, 1.54) is 11.3 Å². The third-order valence-electron chi connectivity index (χ3n) is 3.49. The van der Waals surface area contributed by atoms with Crippen molar-refractivity contribution in [2.24, 2.45) is 0 Å². The minimum absolute atomic E-state index is 0.678. The maximum Gasteiger partial charge on any atom is 0.142 e. The summed E-state index contributed by atoms with van der Waals surface area (Å²) >= 11 is 0. The number of hydrogen-bond donors (Lipinski definition) is 1. The lowest BCUT2D eigenvalue weighted by atomic mass is 10.1. The van der Waals surface area contributed by atoms with Crippen molar-refractivity contribution in [3.63, 3.8) is 0 Å². The van der Waals surface area contributed by atoms with Crippen LogP contribution in [0.15, 0.2) is 18.2 Å². The smallest absolute Gasteiger partial charge is 0.142 e. The SMILES string of the molecule is CCOc1cc(CNCCOC)ccc1N1CCOCC1. The third kappa shape index (κ3) is 4.88. The van der Waals surface area contributed by atoms with Crippen molar-refractivity contribution in [2.45, 2.75) is 13.5 Å². The van der Waals surface area contributed by atoms with Gasteiger partial charge in [0.15, 0.2) is 0 Å². The molecule has 0 aliphatic carbocycles. The second-order valence-electron chi connectivity index (χ2n) is 5.00. The number of benzene rings is 1. The number of ether oxygens (including phenoxy) is 3. The molecular formula is C16H26N2O3. The van der Waals surface area contributed by atoms with Gasteiger partial charge in [0.1, 0.15) is 5.75 Å². The van der Waals surface area contributed by atoms with Crippen molar-refractivity contribution >= 4 is 5.69 Å². The average molecular weight is 294 g/mol. The Morgan fingerprint density at radius 1 is 1.29 bits per heavy atom. The number of anilines is 1. The van der Waals surface area contributed by atoms with Crippen LogP contribution in [0.2, 0.25) is 0 Å². The zero-order valence-corrected chi connectivity index (χ0v) is 13.1. The molecule has 2 rings (SSSR count). The minimum Gasteiger partial charge on any atom is -0.492 e. The van der Waals surface area contributed by atoms with E-state index in [2.05, 4.69) is 28.4 Å². The summed E-state index contributed by atoms with van der Waals surface area (Å²) in [5.41, 5.74) is 2.40. The number of nitrogens with one attached hydrogen (secondary N) is 1. The Balaban J connectivity index is 2.03. The molecule has 1 aromatic rings. The number of nitrogens with zero attached hydrogens (tertiary/aromatic N) is 1. The maximum atomic E-state index is 5.82. The highest BCUT2D eigenvalue weighted by molar-refractivity contribution is 5.60. The number of morpholine rings is 1. The topological polar surface area (TPSA) is 43.0 Å². The zero-order valence-electron chi connectivity index (χ0n) is 13.1. The van der Waals surface area contributed by atoms with Crippen molar-refractivity contribution in [3.05, 3.63) is 23.8 Å². The molecule has 0 aromatic heterocycles. The van der Waals surface area contributed by atoms with Gasteiger partial charge >= 0.3 is 0 Å². The lowest BCUT2D eigenvalue weighted by Crippen LogP contribution is -2.36. The Morgan fingerprint density at radius 3 is 2.81 bits per heavy atom. The summed E-state index contributed by atoms with van der Waals surface area (Å²) in [6.45, 7) is 8.52. The van der Waals surface area contributed by atoms with Gasteiger partial charge in [-0.3, -0.25) is 0 Å². The van der Waals surface area contributed by atoms with E-state index in [0.717, 1.165) is 51.7 Å². The Kier molecular flexibility index (Phi) is 6.79. The van der Waals surface area contributed by atoms with Gasteiger partial charge in [-0.05, 0) is 24.6 Å². The lowest BCUT2D eigenvalue weighted by Gasteiger charge is -2.30. The fourth-order valence-electron chi connectivity index (χ4n) is 2.41. The van der Waals surface area contributed by atoms with Crippen molar-refractivity contribution in [3.8, 4) is 5.75 Å². The average Bonchev–Trinajstić information content (AvgIpc) is 2.53. The molecule has 0 atom stereocenters. The number of rotatable bonds is 8. The molecule has 0 radical (unpaired) electrons. The molecule has 118 valence electrons. The summed E-state index contributed by atoms with van der Waals surface area (Å²) in [7, 11) is 1.71. The van der Waals surface area contributed by atoms with Gasteiger partial charge in [0.2, 0.25) is 0 Å².